The van der Waals surface area contributed by atoms with Crippen LogP contribution in [0.1, 0.15) is 31.2 Å². The lowest BCUT2D eigenvalue weighted by Gasteiger charge is -2.39. The van der Waals surface area contributed by atoms with Crippen molar-refractivity contribution in [1.29, 1.82) is 5.26 Å². The number of hydrogen-bond acceptors (Lipinski definition) is 5. The summed E-state index contributed by atoms with van der Waals surface area (Å²) < 4.78 is 26.7. The molecule has 2 saturated heterocycles. The fraction of sp³-hybridized carbons (Fsp3) is 0.600. The Bertz CT molecular complexity index is 868. The average Bonchev–Trinajstić information content (AvgIpc) is 2.85. The van der Waals surface area contributed by atoms with Crippen molar-refractivity contribution in [3.8, 4) is 6.07 Å². The molecule has 3 aliphatic rings. The second kappa shape index (κ2) is 7.82. The van der Waals surface area contributed by atoms with Gasteiger partial charge in [0.15, 0.2) is 0 Å². The van der Waals surface area contributed by atoms with Gasteiger partial charge < -0.3 is 4.90 Å². The molecule has 28 heavy (non-hydrogen) atoms. The summed E-state index contributed by atoms with van der Waals surface area (Å²) in [5.41, 5.74) is 0.424. The summed E-state index contributed by atoms with van der Waals surface area (Å²) in [7, 11) is -3.60. The zero-order valence-electron chi connectivity index (χ0n) is 16.0. The Kier molecular flexibility index (Phi) is 5.41. The molecule has 0 radical (unpaired) electrons. The fourth-order valence-corrected chi connectivity index (χ4v) is 5.70. The van der Waals surface area contributed by atoms with E-state index in [4.69, 9.17) is 5.26 Å². The first-order chi connectivity index (χ1) is 13.5. The minimum Gasteiger partial charge on any atom is -0.341 e. The highest BCUT2D eigenvalue weighted by Gasteiger charge is 2.42. The first-order valence-electron chi connectivity index (χ1n) is 10.0. The van der Waals surface area contributed by atoms with E-state index in [-0.39, 0.29) is 29.8 Å². The highest BCUT2D eigenvalue weighted by atomic mass is 32.2. The van der Waals surface area contributed by atoms with Gasteiger partial charge in [0.1, 0.15) is 0 Å². The molecule has 8 heteroatoms. The van der Waals surface area contributed by atoms with Gasteiger partial charge in [-0.3, -0.25) is 9.69 Å². The number of amides is 1. The van der Waals surface area contributed by atoms with Crippen molar-refractivity contribution in [3.05, 3.63) is 29.8 Å². The number of sulfonamides is 1. The van der Waals surface area contributed by atoms with Crippen LogP contribution < -0.4 is 0 Å². The summed E-state index contributed by atoms with van der Waals surface area (Å²) in [6, 6.07) is 8.59. The van der Waals surface area contributed by atoms with Crippen molar-refractivity contribution in [2.24, 2.45) is 5.92 Å². The van der Waals surface area contributed by atoms with Crippen LogP contribution in [0.4, 0.5) is 0 Å². The third-order valence-electron chi connectivity index (χ3n) is 6.25. The molecule has 0 spiro atoms. The number of carbonyl (C=O) groups excluding carboxylic acids is 1. The van der Waals surface area contributed by atoms with Crippen LogP contribution >= 0.6 is 0 Å². The summed E-state index contributed by atoms with van der Waals surface area (Å²) in [4.78, 5) is 17.4. The molecule has 150 valence electrons. The molecule has 1 aromatic rings. The van der Waals surface area contributed by atoms with Crippen LogP contribution in [-0.2, 0) is 14.8 Å². The summed E-state index contributed by atoms with van der Waals surface area (Å²) in [5.74, 6) is -0.162. The quantitative estimate of drug-likeness (QED) is 0.757. The minimum absolute atomic E-state index is 0.0849. The minimum atomic E-state index is -3.60. The van der Waals surface area contributed by atoms with E-state index < -0.39 is 10.0 Å². The highest BCUT2D eigenvalue weighted by molar-refractivity contribution is 7.89. The molecule has 0 unspecified atom stereocenters. The molecule has 3 fully saturated rings. The van der Waals surface area contributed by atoms with Crippen molar-refractivity contribution >= 4 is 15.9 Å². The van der Waals surface area contributed by atoms with Gasteiger partial charge in [0.2, 0.25) is 15.9 Å². The lowest BCUT2D eigenvalue weighted by atomic mass is 9.91. The van der Waals surface area contributed by atoms with E-state index in [0.29, 0.717) is 11.6 Å². The maximum Gasteiger partial charge on any atom is 0.243 e. The van der Waals surface area contributed by atoms with Crippen LogP contribution in [0.2, 0.25) is 0 Å². The third kappa shape index (κ3) is 3.66. The molecule has 0 N–H and O–H groups in total. The van der Waals surface area contributed by atoms with E-state index in [1.54, 1.807) is 0 Å². The van der Waals surface area contributed by atoms with Crippen molar-refractivity contribution in [3.63, 3.8) is 0 Å². The van der Waals surface area contributed by atoms with Gasteiger partial charge in [-0.05, 0) is 43.5 Å². The largest absolute Gasteiger partial charge is 0.341 e. The standard InChI is InChI=1S/C20H26N4O3S/c21-13-16-5-7-19(8-6-16)28(26,27)24-14-17(15-24)20(25)23-10-2-9-22(11-12-23)18-3-1-4-18/h5-8,17-18H,1-4,9-12,14-15H2. The second-order valence-corrected chi connectivity index (χ2v) is 9.89. The monoisotopic (exact) mass is 402 g/mol. The molecule has 1 saturated carbocycles. The average molecular weight is 403 g/mol. The van der Waals surface area contributed by atoms with Crippen LogP contribution in [0.3, 0.4) is 0 Å². The summed E-state index contributed by atoms with van der Waals surface area (Å²) in [6.45, 7) is 3.97. The number of rotatable bonds is 4. The predicted octanol–water partition coefficient (Wildman–Crippen LogP) is 1.27. The number of hydrogen-bond donors (Lipinski definition) is 0. The fourth-order valence-electron chi connectivity index (χ4n) is 4.17. The Balaban J connectivity index is 1.32. The van der Waals surface area contributed by atoms with Gasteiger partial charge in [-0.25, -0.2) is 8.42 Å². The van der Waals surface area contributed by atoms with Crippen molar-refractivity contribution in [2.45, 2.75) is 36.6 Å². The predicted molar refractivity (Wildman–Crippen MR) is 104 cm³/mol. The molecule has 1 aromatic carbocycles. The zero-order valence-corrected chi connectivity index (χ0v) is 16.8. The topological polar surface area (TPSA) is 84.7 Å². The van der Waals surface area contributed by atoms with Crippen LogP contribution in [0.25, 0.3) is 0 Å². The number of carbonyl (C=O) groups is 1. The van der Waals surface area contributed by atoms with Gasteiger partial charge >= 0.3 is 0 Å². The van der Waals surface area contributed by atoms with Gasteiger partial charge in [-0.2, -0.15) is 9.57 Å². The van der Waals surface area contributed by atoms with Crippen molar-refractivity contribution in [2.75, 3.05) is 39.3 Å². The maximum atomic E-state index is 12.8. The van der Waals surface area contributed by atoms with Gasteiger partial charge in [-0.1, -0.05) is 6.42 Å². The van der Waals surface area contributed by atoms with Crippen LogP contribution in [0.5, 0.6) is 0 Å². The van der Waals surface area contributed by atoms with Crippen molar-refractivity contribution < 1.29 is 13.2 Å². The molecular formula is C20H26N4O3S. The van der Waals surface area contributed by atoms with Crippen LogP contribution in [-0.4, -0.2) is 73.7 Å². The van der Waals surface area contributed by atoms with Gasteiger partial charge in [-0.15, -0.1) is 0 Å². The smallest absolute Gasteiger partial charge is 0.243 e. The van der Waals surface area contributed by atoms with Gasteiger partial charge in [0.25, 0.3) is 0 Å². The summed E-state index contributed by atoms with van der Waals surface area (Å²) >= 11 is 0. The van der Waals surface area contributed by atoms with Crippen LogP contribution in [0.15, 0.2) is 29.2 Å². The van der Waals surface area contributed by atoms with E-state index in [1.165, 1.54) is 47.8 Å². The molecule has 2 heterocycles. The number of nitriles is 1. The SMILES string of the molecule is N#Cc1ccc(S(=O)(=O)N2CC(C(=O)N3CCCN(C4CCC4)CC3)C2)cc1. The zero-order chi connectivity index (χ0) is 19.7. The molecule has 0 aromatic heterocycles. The normalized spacial score (nSPS) is 22.8. The van der Waals surface area contributed by atoms with E-state index in [1.807, 2.05) is 11.0 Å². The second-order valence-electron chi connectivity index (χ2n) is 7.95. The lowest BCUT2D eigenvalue weighted by molar-refractivity contribution is -0.138. The summed E-state index contributed by atoms with van der Waals surface area (Å²) in [5, 5.41) is 8.85. The Morgan fingerprint density at radius 3 is 2.32 bits per heavy atom. The maximum absolute atomic E-state index is 12.8. The molecule has 1 aliphatic carbocycles. The van der Waals surface area contributed by atoms with Gasteiger partial charge in [0.05, 0.1) is 22.4 Å². The Morgan fingerprint density at radius 2 is 1.71 bits per heavy atom. The molecule has 7 nitrogen and oxygen atoms in total. The first kappa shape index (κ1) is 19.4. The molecule has 0 atom stereocenters. The molecule has 2 aliphatic heterocycles. The molecule has 0 bridgehead atoms. The Morgan fingerprint density at radius 1 is 1.00 bits per heavy atom. The highest BCUT2D eigenvalue weighted by Crippen LogP contribution is 2.28. The summed E-state index contributed by atoms with van der Waals surface area (Å²) in [6.07, 6.45) is 4.86. The van der Waals surface area contributed by atoms with Crippen molar-refractivity contribution in [1.82, 2.24) is 14.1 Å². The van der Waals surface area contributed by atoms with E-state index >= 15 is 0 Å². The molecule has 4 rings (SSSR count). The molecule has 1 amide bonds. The number of benzene rings is 1. The molecular weight excluding hydrogens is 376 g/mol. The van der Waals surface area contributed by atoms with E-state index in [9.17, 15) is 13.2 Å². The van der Waals surface area contributed by atoms with E-state index in [0.717, 1.165) is 32.6 Å². The first-order valence-corrected chi connectivity index (χ1v) is 11.5. The van der Waals surface area contributed by atoms with E-state index in [2.05, 4.69) is 4.90 Å². The Labute approximate surface area is 166 Å². The third-order valence-corrected chi connectivity index (χ3v) is 8.10. The number of nitrogens with zero attached hydrogens (tertiary/aromatic N) is 4. The Hall–Kier alpha value is -1.95. The lowest BCUT2D eigenvalue weighted by Crippen LogP contribution is -2.56. The van der Waals surface area contributed by atoms with Crippen LogP contribution in [0, 0.1) is 17.2 Å². The van der Waals surface area contributed by atoms with Gasteiger partial charge in [0, 0.05) is 45.3 Å².